The molecule has 1 aliphatic rings. The maximum Gasteiger partial charge on any atom is 0.193 e. The second-order valence-corrected chi connectivity index (χ2v) is 6.70. The SMILES string of the molecule is CN=C(NCCCOc1ccccc1C)N1CCN(Cc2ccon2)CC1. The third-order valence-electron chi connectivity index (χ3n) is 4.72. The predicted octanol–water partition coefficient (Wildman–Crippen LogP) is 2.15. The van der Waals surface area contributed by atoms with Crippen LogP contribution in [0.1, 0.15) is 17.7 Å². The van der Waals surface area contributed by atoms with E-state index in [1.807, 2.05) is 31.3 Å². The molecular weight excluding hydrogens is 342 g/mol. The fourth-order valence-corrected chi connectivity index (χ4v) is 3.17. The van der Waals surface area contributed by atoms with Crippen LogP contribution in [0.3, 0.4) is 0 Å². The van der Waals surface area contributed by atoms with Crippen LogP contribution in [0.25, 0.3) is 0 Å². The number of para-hydroxylation sites is 1. The van der Waals surface area contributed by atoms with Crippen molar-refractivity contribution in [2.75, 3.05) is 46.4 Å². The highest BCUT2D eigenvalue weighted by Gasteiger charge is 2.20. The van der Waals surface area contributed by atoms with Gasteiger partial charge in [0.05, 0.1) is 12.3 Å². The number of hydrogen-bond donors (Lipinski definition) is 1. The Bertz CT molecular complexity index is 709. The molecule has 3 rings (SSSR count). The lowest BCUT2D eigenvalue weighted by molar-refractivity contribution is 0.169. The van der Waals surface area contributed by atoms with Crippen LogP contribution in [0.2, 0.25) is 0 Å². The molecule has 0 saturated carbocycles. The quantitative estimate of drug-likeness (QED) is 0.457. The van der Waals surface area contributed by atoms with Gasteiger partial charge in [0.1, 0.15) is 12.0 Å². The van der Waals surface area contributed by atoms with Crippen LogP contribution >= 0.6 is 0 Å². The van der Waals surface area contributed by atoms with Gasteiger partial charge in [-0.3, -0.25) is 9.89 Å². The van der Waals surface area contributed by atoms with Crippen molar-refractivity contribution >= 4 is 5.96 Å². The van der Waals surface area contributed by atoms with Gasteiger partial charge < -0.3 is 19.5 Å². The molecule has 2 aromatic rings. The van der Waals surface area contributed by atoms with E-state index >= 15 is 0 Å². The van der Waals surface area contributed by atoms with Crippen LogP contribution in [0.5, 0.6) is 5.75 Å². The van der Waals surface area contributed by atoms with Crippen LogP contribution in [0, 0.1) is 6.92 Å². The van der Waals surface area contributed by atoms with Crippen molar-refractivity contribution in [1.29, 1.82) is 0 Å². The number of guanidine groups is 1. The van der Waals surface area contributed by atoms with Gasteiger partial charge in [-0.25, -0.2) is 0 Å². The lowest BCUT2D eigenvalue weighted by atomic mass is 10.2. The molecule has 2 heterocycles. The van der Waals surface area contributed by atoms with Gasteiger partial charge in [-0.2, -0.15) is 0 Å². The van der Waals surface area contributed by atoms with Gasteiger partial charge in [-0.1, -0.05) is 23.4 Å². The molecule has 7 heteroatoms. The highest BCUT2D eigenvalue weighted by molar-refractivity contribution is 5.79. The number of ether oxygens (including phenoxy) is 1. The number of aliphatic imine (C=N–C) groups is 1. The summed E-state index contributed by atoms with van der Waals surface area (Å²) in [6.07, 6.45) is 2.56. The Morgan fingerprint density at radius 3 is 2.74 bits per heavy atom. The summed E-state index contributed by atoms with van der Waals surface area (Å²) in [7, 11) is 1.84. The Morgan fingerprint density at radius 1 is 1.22 bits per heavy atom. The van der Waals surface area contributed by atoms with Crippen molar-refractivity contribution in [3.8, 4) is 5.75 Å². The summed E-state index contributed by atoms with van der Waals surface area (Å²) in [5.41, 5.74) is 2.16. The molecule has 1 N–H and O–H groups in total. The molecule has 0 unspecified atom stereocenters. The number of rotatable bonds is 7. The van der Waals surface area contributed by atoms with E-state index in [0.717, 1.165) is 63.1 Å². The average molecular weight is 371 g/mol. The van der Waals surface area contributed by atoms with Crippen molar-refractivity contribution in [3.63, 3.8) is 0 Å². The zero-order chi connectivity index (χ0) is 18.9. The van der Waals surface area contributed by atoms with Crippen LogP contribution < -0.4 is 10.1 Å². The molecule has 1 aromatic heterocycles. The third kappa shape index (κ3) is 5.72. The molecule has 0 aliphatic carbocycles. The highest BCUT2D eigenvalue weighted by atomic mass is 16.5. The first kappa shape index (κ1) is 19.2. The molecular formula is C20H29N5O2. The first-order valence-electron chi connectivity index (χ1n) is 9.52. The van der Waals surface area contributed by atoms with Gasteiger partial charge in [0.25, 0.3) is 0 Å². The maximum absolute atomic E-state index is 5.85. The molecule has 1 aromatic carbocycles. The van der Waals surface area contributed by atoms with Crippen molar-refractivity contribution in [2.45, 2.75) is 19.9 Å². The number of nitrogens with zero attached hydrogens (tertiary/aromatic N) is 4. The largest absolute Gasteiger partial charge is 0.493 e. The van der Waals surface area contributed by atoms with Crippen LogP contribution in [-0.2, 0) is 6.54 Å². The van der Waals surface area contributed by atoms with E-state index in [0.29, 0.717) is 6.61 Å². The normalized spacial score (nSPS) is 15.8. The first-order valence-corrected chi connectivity index (χ1v) is 9.52. The summed E-state index contributed by atoms with van der Waals surface area (Å²) in [5, 5.41) is 7.44. The number of nitrogens with one attached hydrogen (secondary N) is 1. The van der Waals surface area contributed by atoms with Crippen molar-refractivity contribution in [3.05, 3.63) is 47.9 Å². The van der Waals surface area contributed by atoms with Gasteiger partial charge in [-0.15, -0.1) is 0 Å². The molecule has 0 atom stereocenters. The first-order chi connectivity index (χ1) is 13.3. The minimum absolute atomic E-state index is 0.695. The van der Waals surface area contributed by atoms with Gasteiger partial charge >= 0.3 is 0 Å². The Kier molecular flexibility index (Phi) is 7.10. The number of benzene rings is 1. The number of aryl methyl sites for hydroxylation is 1. The molecule has 0 spiro atoms. The zero-order valence-corrected chi connectivity index (χ0v) is 16.2. The lowest BCUT2D eigenvalue weighted by Gasteiger charge is -2.36. The summed E-state index contributed by atoms with van der Waals surface area (Å²) in [6.45, 7) is 8.34. The fourth-order valence-electron chi connectivity index (χ4n) is 3.17. The Labute approximate surface area is 161 Å². The summed E-state index contributed by atoms with van der Waals surface area (Å²) in [6, 6.07) is 10.0. The van der Waals surface area contributed by atoms with Gasteiger partial charge in [0, 0.05) is 52.4 Å². The molecule has 1 saturated heterocycles. The highest BCUT2D eigenvalue weighted by Crippen LogP contribution is 2.16. The molecule has 0 radical (unpaired) electrons. The summed E-state index contributed by atoms with van der Waals surface area (Å²) in [5.74, 6) is 1.93. The van der Waals surface area contributed by atoms with E-state index < -0.39 is 0 Å². The number of piperazine rings is 1. The minimum atomic E-state index is 0.695. The maximum atomic E-state index is 5.85. The number of aromatic nitrogens is 1. The van der Waals surface area contributed by atoms with Crippen molar-refractivity contribution in [1.82, 2.24) is 20.3 Å². The molecule has 0 amide bonds. The van der Waals surface area contributed by atoms with E-state index in [1.54, 1.807) is 6.26 Å². The lowest BCUT2D eigenvalue weighted by Crippen LogP contribution is -2.52. The van der Waals surface area contributed by atoms with Crippen LogP contribution in [0.15, 0.2) is 46.1 Å². The average Bonchev–Trinajstić information content (AvgIpc) is 3.20. The van der Waals surface area contributed by atoms with E-state index in [4.69, 9.17) is 9.26 Å². The number of hydrogen-bond acceptors (Lipinski definition) is 5. The topological polar surface area (TPSA) is 66.1 Å². The van der Waals surface area contributed by atoms with E-state index in [-0.39, 0.29) is 0 Å². The Balaban J connectivity index is 1.34. The summed E-state index contributed by atoms with van der Waals surface area (Å²) >= 11 is 0. The van der Waals surface area contributed by atoms with E-state index in [2.05, 4.69) is 38.3 Å². The molecule has 146 valence electrons. The standard InChI is InChI=1S/C20H29N5O2/c1-17-6-3-4-7-19(17)26-14-5-9-22-20(21-2)25-12-10-24(11-13-25)16-18-8-15-27-23-18/h3-4,6-8,15H,5,9-14,16H2,1-2H3,(H,21,22). The smallest absolute Gasteiger partial charge is 0.193 e. The Hall–Kier alpha value is -2.54. The second kappa shape index (κ2) is 9.97. The van der Waals surface area contributed by atoms with Gasteiger partial charge in [0.15, 0.2) is 5.96 Å². The van der Waals surface area contributed by atoms with Crippen molar-refractivity contribution in [2.24, 2.45) is 4.99 Å². The zero-order valence-electron chi connectivity index (χ0n) is 16.2. The third-order valence-corrected chi connectivity index (χ3v) is 4.72. The van der Waals surface area contributed by atoms with Crippen molar-refractivity contribution < 1.29 is 9.26 Å². The summed E-state index contributed by atoms with van der Waals surface area (Å²) < 4.78 is 10.8. The van der Waals surface area contributed by atoms with Crippen LogP contribution in [-0.4, -0.2) is 67.3 Å². The predicted molar refractivity (Wildman–Crippen MR) is 106 cm³/mol. The van der Waals surface area contributed by atoms with Gasteiger partial charge in [0.2, 0.25) is 0 Å². The monoisotopic (exact) mass is 371 g/mol. The second-order valence-electron chi connectivity index (χ2n) is 6.70. The molecule has 0 bridgehead atoms. The van der Waals surface area contributed by atoms with Gasteiger partial charge in [-0.05, 0) is 25.0 Å². The summed E-state index contributed by atoms with van der Waals surface area (Å²) in [4.78, 5) is 9.12. The molecule has 7 nitrogen and oxygen atoms in total. The minimum Gasteiger partial charge on any atom is -0.493 e. The fraction of sp³-hybridized carbons (Fsp3) is 0.500. The van der Waals surface area contributed by atoms with E-state index in [1.165, 1.54) is 5.56 Å². The van der Waals surface area contributed by atoms with Crippen LogP contribution in [0.4, 0.5) is 0 Å². The van der Waals surface area contributed by atoms with E-state index in [9.17, 15) is 0 Å². The molecule has 1 fully saturated rings. The Morgan fingerprint density at radius 2 is 2.04 bits per heavy atom. The molecule has 27 heavy (non-hydrogen) atoms. The molecule has 1 aliphatic heterocycles.